The van der Waals surface area contributed by atoms with Gasteiger partial charge in [-0.05, 0) is 37.8 Å². The molecule has 1 aromatic heterocycles. The van der Waals surface area contributed by atoms with Crippen LogP contribution in [0.2, 0.25) is 0 Å². The molecule has 1 fully saturated rings. The van der Waals surface area contributed by atoms with Crippen LogP contribution in [0, 0.1) is 5.92 Å². The smallest absolute Gasteiger partial charge is 0.329 e. The zero-order chi connectivity index (χ0) is 18.4. The first-order valence-corrected chi connectivity index (χ1v) is 8.73. The van der Waals surface area contributed by atoms with E-state index in [1.165, 1.54) is 19.3 Å². The van der Waals surface area contributed by atoms with E-state index in [9.17, 15) is 14.4 Å². The van der Waals surface area contributed by atoms with Crippen molar-refractivity contribution in [3.05, 3.63) is 24.2 Å². The predicted octanol–water partition coefficient (Wildman–Crippen LogP) is 2.02. The average molecular weight is 350 g/mol. The van der Waals surface area contributed by atoms with E-state index in [0.29, 0.717) is 0 Å². The molecule has 1 aromatic rings. The number of carbonyl (C=O) groups is 3. The Labute approximate surface area is 147 Å². The van der Waals surface area contributed by atoms with Gasteiger partial charge in [-0.15, -0.1) is 0 Å². The van der Waals surface area contributed by atoms with Gasteiger partial charge in [-0.25, -0.2) is 4.79 Å². The number of ether oxygens (including phenoxy) is 1. The largest absolute Gasteiger partial charge is 0.459 e. The zero-order valence-corrected chi connectivity index (χ0v) is 14.9. The molecule has 138 valence electrons. The number of rotatable bonds is 7. The molecule has 2 rings (SSSR count). The molecule has 0 bridgehead atoms. The third-order valence-electron chi connectivity index (χ3n) is 4.32. The Morgan fingerprint density at radius 2 is 1.88 bits per heavy atom. The van der Waals surface area contributed by atoms with E-state index in [-0.39, 0.29) is 23.6 Å². The number of carbonyl (C=O) groups excluding carboxylic acids is 3. The van der Waals surface area contributed by atoms with Crippen LogP contribution < -0.4 is 10.6 Å². The fourth-order valence-corrected chi connectivity index (χ4v) is 2.81. The summed E-state index contributed by atoms with van der Waals surface area (Å²) in [5, 5.41) is 5.49. The van der Waals surface area contributed by atoms with Crippen LogP contribution in [0.25, 0.3) is 0 Å². The van der Waals surface area contributed by atoms with E-state index >= 15 is 0 Å². The highest BCUT2D eigenvalue weighted by atomic mass is 16.5. The van der Waals surface area contributed by atoms with Gasteiger partial charge in [-0.1, -0.05) is 26.7 Å². The molecule has 0 aliphatic heterocycles. The summed E-state index contributed by atoms with van der Waals surface area (Å²) in [6, 6.07) is 2.40. The maximum Gasteiger partial charge on any atom is 0.329 e. The Bertz CT molecular complexity index is 591. The SMILES string of the molecule is CC(C)[C@H](NC(=O)c1ccco1)C(=O)O[C@@H](C)C(=O)NC1CCCC1. The van der Waals surface area contributed by atoms with Crippen molar-refractivity contribution in [2.45, 2.75) is 64.6 Å². The second-order valence-corrected chi connectivity index (χ2v) is 6.74. The molecule has 1 aliphatic carbocycles. The zero-order valence-electron chi connectivity index (χ0n) is 14.9. The maximum atomic E-state index is 12.4. The second-order valence-electron chi connectivity index (χ2n) is 6.74. The Kier molecular flexibility index (Phi) is 6.61. The first kappa shape index (κ1) is 19.0. The summed E-state index contributed by atoms with van der Waals surface area (Å²) in [6.07, 6.45) is 4.60. The first-order chi connectivity index (χ1) is 11.9. The normalized spacial score (nSPS) is 17.1. The van der Waals surface area contributed by atoms with E-state index in [2.05, 4.69) is 10.6 Å². The number of esters is 1. The molecule has 2 atom stereocenters. The van der Waals surface area contributed by atoms with E-state index in [4.69, 9.17) is 9.15 Å². The minimum Gasteiger partial charge on any atom is -0.459 e. The van der Waals surface area contributed by atoms with Crippen LogP contribution in [-0.2, 0) is 14.3 Å². The molecule has 2 amide bonds. The molecule has 7 nitrogen and oxygen atoms in total. The minimum atomic E-state index is -0.908. The number of hydrogen-bond acceptors (Lipinski definition) is 5. The van der Waals surface area contributed by atoms with Crippen molar-refractivity contribution < 1.29 is 23.5 Å². The maximum absolute atomic E-state index is 12.4. The van der Waals surface area contributed by atoms with Gasteiger partial charge in [0.15, 0.2) is 11.9 Å². The molecule has 0 spiro atoms. The lowest BCUT2D eigenvalue weighted by Crippen LogP contribution is -2.48. The number of hydrogen-bond donors (Lipinski definition) is 2. The summed E-state index contributed by atoms with van der Waals surface area (Å²) in [5.74, 6) is -1.52. The van der Waals surface area contributed by atoms with Gasteiger partial charge in [0.1, 0.15) is 6.04 Å². The number of nitrogens with one attached hydrogen (secondary N) is 2. The molecule has 1 aliphatic rings. The van der Waals surface area contributed by atoms with Crippen LogP contribution in [-0.4, -0.2) is 36.0 Å². The summed E-state index contributed by atoms with van der Waals surface area (Å²) in [6.45, 7) is 5.11. The Morgan fingerprint density at radius 3 is 2.44 bits per heavy atom. The highest BCUT2D eigenvalue weighted by Gasteiger charge is 2.30. The molecular weight excluding hydrogens is 324 g/mol. The highest BCUT2D eigenvalue weighted by Crippen LogP contribution is 2.18. The molecule has 7 heteroatoms. The second kappa shape index (κ2) is 8.69. The van der Waals surface area contributed by atoms with Crippen LogP contribution in [0.15, 0.2) is 22.8 Å². The van der Waals surface area contributed by atoms with E-state index in [1.54, 1.807) is 19.9 Å². The summed E-state index contributed by atoms with van der Waals surface area (Å²) < 4.78 is 10.3. The van der Waals surface area contributed by atoms with Crippen molar-refractivity contribution in [1.29, 1.82) is 0 Å². The quantitative estimate of drug-likeness (QED) is 0.733. The van der Waals surface area contributed by atoms with Crippen LogP contribution >= 0.6 is 0 Å². The minimum absolute atomic E-state index is 0.116. The lowest BCUT2D eigenvalue weighted by Gasteiger charge is -2.23. The molecule has 2 N–H and O–H groups in total. The van der Waals surface area contributed by atoms with Crippen molar-refractivity contribution in [3.63, 3.8) is 0 Å². The lowest BCUT2D eigenvalue weighted by atomic mass is 10.0. The number of amides is 2. The van der Waals surface area contributed by atoms with E-state index < -0.39 is 24.0 Å². The van der Waals surface area contributed by atoms with Gasteiger partial charge in [0.25, 0.3) is 11.8 Å². The summed E-state index contributed by atoms with van der Waals surface area (Å²) >= 11 is 0. The molecule has 25 heavy (non-hydrogen) atoms. The number of furan rings is 1. The molecule has 0 saturated heterocycles. The molecule has 1 heterocycles. The van der Waals surface area contributed by atoms with Gasteiger partial charge in [-0.2, -0.15) is 0 Å². The molecular formula is C18H26N2O5. The van der Waals surface area contributed by atoms with Crippen LogP contribution in [0.3, 0.4) is 0 Å². The monoisotopic (exact) mass is 350 g/mol. The van der Waals surface area contributed by atoms with Gasteiger partial charge in [-0.3, -0.25) is 9.59 Å². The van der Waals surface area contributed by atoms with E-state index in [0.717, 1.165) is 25.7 Å². The predicted molar refractivity (Wildman–Crippen MR) is 90.8 cm³/mol. The fourth-order valence-electron chi connectivity index (χ4n) is 2.81. The van der Waals surface area contributed by atoms with Crippen molar-refractivity contribution in [1.82, 2.24) is 10.6 Å². The standard InChI is InChI=1S/C18H26N2O5/c1-11(2)15(20-17(22)14-9-6-10-24-14)18(23)25-12(3)16(21)19-13-7-4-5-8-13/h6,9-13,15H,4-5,7-8H2,1-3H3,(H,19,21)(H,20,22)/t12-,15-/m0/s1. The van der Waals surface area contributed by atoms with Gasteiger partial charge in [0.2, 0.25) is 0 Å². The van der Waals surface area contributed by atoms with Crippen molar-refractivity contribution >= 4 is 17.8 Å². The highest BCUT2D eigenvalue weighted by molar-refractivity contribution is 5.95. The third kappa shape index (κ3) is 5.34. The fraction of sp³-hybridized carbons (Fsp3) is 0.611. The van der Waals surface area contributed by atoms with Gasteiger partial charge >= 0.3 is 5.97 Å². The third-order valence-corrected chi connectivity index (χ3v) is 4.32. The van der Waals surface area contributed by atoms with Gasteiger partial charge in [0, 0.05) is 6.04 Å². The molecule has 0 aromatic carbocycles. The Balaban J connectivity index is 1.90. The summed E-state index contributed by atoms with van der Waals surface area (Å²) in [5.41, 5.74) is 0. The first-order valence-electron chi connectivity index (χ1n) is 8.73. The summed E-state index contributed by atoms with van der Waals surface area (Å²) in [4.78, 5) is 36.6. The summed E-state index contributed by atoms with van der Waals surface area (Å²) in [7, 11) is 0. The van der Waals surface area contributed by atoms with Crippen molar-refractivity contribution in [3.8, 4) is 0 Å². The van der Waals surface area contributed by atoms with Crippen LogP contribution in [0.4, 0.5) is 0 Å². The van der Waals surface area contributed by atoms with Crippen LogP contribution in [0.1, 0.15) is 57.0 Å². The molecule has 0 unspecified atom stereocenters. The van der Waals surface area contributed by atoms with Crippen molar-refractivity contribution in [2.75, 3.05) is 0 Å². The van der Waals surface area contributed by atoms with Crippen molar-refractivity contribution in [2.24, 2.45) is 5.92 Å². The average Bonchev–Trinajstić information content (AvgIpc) is 3.25. The van der Waals surface area contributed by atoms with Crippen LogP contribution in [0.5, 0.6) is 0 Å². The topological polar surface area (TPSA) is 97.6 Å². The van der Waals surface area contributed by atoms with Gasteiger partial charge < -0.3 is 19.8 Å². The van der Waals surface area contributed by atoms with Gasteiger partial charge in [0.05, 0.1) is 6.26 Å². The Hall–Kier alpha value is -2.31. The van der Waals surface area contributed by atoms with E-state index in [1.807, 2.05) is 0 Å². The lowest BCUT2D eigenvalue weighted by molar-refractivity contribution is -0.157. The molecule has 0 radical (unpaired) electrons. The Morgan fingerprint density at radius 1 is 1.20 bits per heavy atom. The molecule has 1 saturated carbocycles.